The molecular weight excluding hydrogens is 296 g/mol. The molecule has 0 unspecified atom stereocenters. The van der Waals surface area contributed by atoms with E-state index in [1.807, 2.05) is 24.0 Å². The summed E-state index contributed by atoms with van der Waals surface area (Å²) < 4.78 is 0. The monoisotopic (exact) mass is 322 g/mol. The minimum atomic E-state index is 0.200. The first-order valence-corrected chi connectivity index (χ1v) is 8.89. The van der Waals surface area contributed by atoms with Crippen molar-refractivity contribution in [3.05, 3.63) is 59.7 Å². The van der Waals surface area contributed by atoms with E-state index in [4.69, 9.17) is 0 Å². The Hall–Kier alpha value is -2.29. The van der Waals surface area contributed by atoms with E-state index in [9.17, 15) is 4.79 Å². The third-order valence-electron chi connectivity index (χ3n) is 4.73. The molecule has 126 valence electrons. The minimum Gasteiger partial charge on any atom is -0.371 e. The average molecular weight is 322 g/mol. The lowest BCUT2D eigenvalue weighted by Crippen LogP contribution is -2.36. The van der Waals surface area contributed by atoms with Crippen LogP contribution in [0, 0.1) is 6.92 Å². The largest absolute Gasteiger partial charge is 0.371 e. The van der Waals surface area contributed by atoms with Crippen LogP contribution in [0.15, 0.2) is 48.5 Å². The van der Waals surface area contributed by atoms with E-state index in [0.717, 1.165) is 25.2 Å². The molecule has 1 heterocycles. The highest BCUT2D eigenvalue weighted by atomic mass is 16.2. The fraction of sp³-hybridized carbons (Fsp3) is 0.381. The zero-order valence-electron chi connectivity index (χ0n) is 14.7. The van der Waals surface area contributed by atoms with Gasteiger partial charge >= 0.3 is 0 Å². The normalized spacial score (nSPS) is 13.5. The molecule has 0 N–H and O–H groups in total. The van der Waals surface area contributed by atoms with Gasteiger partial charge in [0, 0.05) is 37.4 Å². The second kappa shape index (κ2) is 7.52. The van der Waals surface area contributed by atoms with Crippen molar-refractivity contribution in [3.63, 3.8) is 0 Å². The molecule has 0 atom stereocenters. The second-order valence-corrected chi connectivity index (χ2v) is 6.45. The molecule has 0 spiro atoms. The summed E-state index contributed by atoms with van der Waals surface area (Å²) in [5.41, 5.74) is 4.89. The van der Waals surface area contributed by atoms with Crippen LogP contribution in [0.2, 0.25) is 0 Å². The summed E-state index contributed by atoms with van der Waals surface area (Å²) in [4.78, 5) is 17.0. The predicted octanol–water partition coefficient (Wildman–Crippen LogP) is 4.19. The lowest BCUT2D eigenvalue weighted by Gasteiger charge is -2.32. The quantitative estimate of drug-likeness (QED) is 0.824. The van der Waals surface area contributed by atoms with Gasteiger partial charge in [0.05, 0.1) is 0 Å². The number of carbonyl (C=O) groups excluding carboxylic acids is 1. The van der Waals surface area contributed by atoms with Crippen LogP contribution in [0.25, 0.3) is 0 Å². The molecule has 0 radical (unpaired) electrons. The Bertz CT molecular complexity index is 710. The van der Waals surface area contributed by atoms with Gasteiger partial charge in [-0.05, 0) is 56.0 Å². The first kappa shape index (κ1) is 16.6. The van der Waals surface area contributed by atoms with Crippen molar-refractivity contribution in [2.24, 2.45) is 0 Å². The number of benzene rings is 2. The number of hydrogen-bond donors (Lipinski definition) is 0. The Morgan fingerprint density at radius 1 is 1.17 bits per heavy atom. The Kier molecular flexibility index (Phi) is 5.19. The number of hydrogen-bond acceptors (Lipinski definition) is 2. The third kappa shape index (κ3) is 3.61. The molecule has 1 amide bonds. The van der Waals surface area contributed by atoms with E-state index in [1.54, 1.807) is 0 Å². The summed E-state index contributed by atoms with van der Waals surface area (Å²) in [6.07, 6.45) is 2.86. The van der Waals surface area contributed by atoms with Crippen LogP contribution < -0.4 is 9.80 Å². The van der Waals surface area contributed by atoms with Gasteiger partial charge in [-0.3, -0.25) is 4.79 Å². The van der Waals surface area contributed by atoms with E-state index in [0.29, 0.717) is 13.0 Å². The number of carbonyl (C=O) groups is 1. The molecule has 3 nitrogen and oxygen atoms in total. The van der Waals surface area contributed by atoms with Gasteiger partial charge in [0.25, 0.3) is 0 Å². The summed E-state index contributed by atoms with van der Waals surface area (Å²) in [6.45, 7) is 6.64. The smallest absolute Gasteiger partial charge is 0.228 e. The molecule has 1 aliphatic rings. The maximum absolute atomic E-state index is 12.7. The van der Waals surface area contributed by atoms with Crippen molar-refractivity contribution in [1.82, 2.24) is 0 Å². The van der Waals surface area contributed by atoms with Crippen LogP contribution in [0.5, 0.6) is 0 Å². The van der Waals surface area contributed by atoms with Gasteiger partial charge in [0.15, 0.2) is 0 Å². The molecule has 0 saturated heterocycles. The zero-order chi connectivity index (χ0) is 16.9. The number of amides is 1. The topological polar surface area (TPSA) is 23.6 Å². The molecule has 3 heteroatoms. The van der Waals surface area contributed by atoms with Gasteiger partial charge in [0.2, 0.25) is 5.91 Å². The SMILES string of the molecule is CCN(C(=O)CCN1CCCc2ccccc21)c1cccc(C)c1. The van der Waals surface area contributed by atoms with Crippen LogP contribution in [0.1, 0.15) is 30.9 Å². The first-order valence-electron chi connectivity index (χ1n) is 8.89. The number of aryl methyl sites for hydroxylation is 2. The maximum atomic E-state index is 12.7. The molecule has 24 heavy (non-hydrogen) atoms. The Morgan fingerprint density at radius 3 is 2.79 bits per heavy atom. The zero-order valence-corrected chi connectivity index (χ0v) is 14.7. The second-order valence-electron chi connectivity index (χ2n) is 6.45. The molecule has 0 aliphatic carbocycles. The molecule has 3 rings (SSSR count). The van der Waals surface area contributed by atoms with E-state index in [-0.39, 0.29) is 5.91 Å². The Morgan fingerprint density at radius 2 is 2.00 bits per heavy atom. The van der Waals surface area contributed by atoms with Crippen LogP contribution in [-0.2, 0) is 11.2 Å². The number of anilines is 2. The van der Waals surface area contributed by atoms with Crippen LogP contribution >= 0.6 is 0 Å². The standard InChI is InChI=1S/C21H26N2O/c1-3-23(19-11-6-8-17(2)16-19)21(24)13-15-22-14-7-10-18-9-4-5-12-20(18)22/h4-6,8-9,11-12,16H,3,7,10,13-15H2,1-2H3. The fourth-order valence-corrected chi connectivity index (χ4v) is 3.51. The van der Waals surface area contributed by atoms with E-state index < -0.39 is 0 Å². The van der Waals surface area contributed by atoms with Crippen LogP contribution in [-0.4, -0.2) is 25.5 Å². The van der Waals surface area contributed by atoms with Crippen LogP contribution in [0.4, 0.5) is 11.4 Å². The molecule has 0 fully saturated rings. The Labute approximate surface area is 144 Å². The van der Waals surface area contributed by atoms with Crippen molar-refractivity contribution in [1.29, 1.82) is 0 Å². The van der Waals surface area contributed by atoms with Crippen molar-refractivity contribution >= 4 is 17.3 Å². The van der Waals surface area contributed by atoms with E-state index in [2.05, 4.69) is 48.2 Å². The minimum absolute atomic E-state index is 0.200. The van der Waals surface area contributed by atoms with Crippen LogP contribution in [0.3, 0.4) is 0 Å². The van der Waals surface area contributed by atoms with Gasteiger partial charge in [-0.1, -0.05) is 30.3 Å². The van der Waals surface area contributed by atoms with E-state index >= 15 is 0 Å². The van der Waals surface area contributed by atoms with Gasteiger partial charge in [-0.2, -0.15) is 0 Å². The number of fused-ring (bicyclic) bond motifs is 1. The molecule has 1 aliphatic heterocycles. The predicted molar refractivity (Wildman–Crippen MR) is 101 cm³/mol. The maximum Gasteiger partial charge on any atom is 0.228 e. The van der Waals surface area contributed by atoms with Crippen molar-refractivity contribution < 1.29 is 4.79 Å². The summed E-state index contributed by atoms with van der Waals surface area (Å²) in [6, 6.07) is 16.7. The summed E-state index contributed by atoms with van der Waals surface area (Å²) >= 11 is 0. The van der Waals surface area contributed by atoms with Crippen molar-refractivity contribution in [2.45, 2.75) is 33.1 Å². The fourth-order valence-electron chi connectivity index (χ4n) is 3.51. The third-order valence-corrected chi connectivity index (χ3v) is 4.73. The summed E-state index contributed by atoms with van der Waals surface area (Å²) in [7, 11) is 0. The van der Waals surface area contributed by atoms with E-state index in [1.165, 1.54) is 23.2 Å². The van der Waals surface area contributed by atoms with Crippen molar-refractivity contribution in [2.75, 3.05) is 29.4 Å². The van der Waals surface area contributed by atoms with Gasteiger partial charge < -0.3 is 9.80 Å². The van der Waals surface area contributed by atoms with Gasteiger partial charge in [0.1, 0.15) is 0 Å². The van der Waals surface area contributed by atoms with Gasteiger partial charge in [-0.15, -0.1) is 0 Å². The molecule has 0 bridgehead atoms. The summed E-state index contributed by atoms with van der Waals surface area (Å²) in [5.74, 6) is 0.200. The molecule has 2 aromatic rings. The Balaban J connectivity index is 1.67. The molecular formula is C21H26N2O. The van der Waals surface area contributed by atoms with Crippen molar-refractivity contribution in [3.8, 4) is 0 Å². The average Bonchev–Trinajstić information content (AvgIpc) is 2.60. The number of rotatable bonds is 5. The first-order chi connectivity index (χ1) is 11.7. The highest BCUT2D eigenvalue weighted by molar-refractivity contribution is 5.93. The molecule has 0 saturated carbocycles. The lowest BCUT2D eigenvalue weighted by molar-refractivity contribution is -0.118. The number of para-hydroxylation sites is 1. The highest BCUT2D eigenvalue weighted by Gasteiger charge is 2.19. The summed E-state index contributed by atoms with van der Waals surface area (Å²) in [5, 5.41) is 0. The highest BCUT2D eigenvalue weighted by Crippen LogP contribution is 2.27. The van der Waals surface area contributed by atoms with Gasteiger partial charge in [-0.25, -0.2) is 0 Å². The molecule has 2 aromatic carbocycles. The molecule has 0 aromatic heterocycles. The number of nitrogens with zero attached hydrogens (tertiary/aromatic N) is 2. The lowest BCUT2D eigenvalue weighted by atomic mass is 10.0.